The van der Waals surface area contributed by atoms with Crippen LogP contribution in [0.4, 0.5) is 0 Å². The van der Waals surface area contributed by atoms with E-state index in [0.29, 0.717) is 0 Å². The van der Waals surface area contributed by atoms with Gasteiger partial charge in [0.05, 0.1) is 0 Å². The van der Waals surface area contributed by atoms with Crippen LogP contribution in [-0.2, 0) is 0 Å². The van der Waals surface area contributed by atoms with Crippen LogP contribution in [0.2, 0.25) is 0 Å². The summed E-state index contributed by atoms with van der Waals surface area (Å²) in [6.07, 6.45) is 8.56. The van der Waals surface area contributed by atoms with Crippen molar-refractivity contribution >= 4 is 12.4 Å². The van der Waals surface area contributed by atoms with E-state index in [0.717, 1.165) is 5.92 Å². The molecule has 0 aromatic heterocycles. The highest BCUT2D eigenvalue weighted by molar-refractivity contribution is 5.85. The Bertz CT molecular complexity index is 89.8. The molecular formula is C10H22ClN. The number of rotatable bonds is 4. The Balaban J connectivity index is 0.00000121. The second-order valence-electron chi connectivity index (χ2n) is 3.71. The van der Waals surface area contributed by atoms with Crippen LogP contribution < -0.4 is 5.32 Å². The van der Waals surface area contributed by atoms with Crippen molar-refractivity contribution in [3.05, 3.63) is 0 Å². The Hall–Kier alpha value is 0.250. The molecule has 1 unspecified atom stereocenters. The van der Waals surface area contributed by atoms with E-state index in [1.54, 1.807) is 0 Å². The number of piperidine rings is 1. The zero-order chi connectivity index (χ0) is 7.94. The molecular weight excluding hydrogens is 170 g/mol. The highest BCUT2D eigenvalue weighted by Crippen LogP contribution is 2.17. The van der Waals surface area contributed by atoms with Gasteiger partial charge in [0, 0.05) is 0 Å². The Morgan fingerprint density at radius 3 is 2.75 bits per heavy atom. The van der Waals surface area contributed by atoms with E-state index in [1.807, 2.05) is 0 Å². The number of halogens is 1. The number of unbranched alkanes of at least 4 members (excludes halogenated alkanes) is 2. The molecule has 0 amide bonds. The maximum absolute atomic E-state index is 3.46. The average molecular weight is 192 g/mol. The van der Waals surface area contributed by atoms with Gasteiger partial charge in [-0.05, 0) is 38.3 Å². The lowest BCUT2D eigenvalue weighted by Crippen LogP contribution is -2.29. The summed E-state index contributed by atoms with van der Waals surface area (Å²) >= 11 is 0. The fraction of sp³-hybridized carbons (Fsp3) is 1.00. The molecule has 1 aliphatic rings. The molecule has 2 heteroatoms. The summed E-state index contributed by atoms with van der Waals surface area (Å²) in [7, 11) is 0. The van der Waals surface area contributed by atoms with Crippen molar-refractivity contribution in [3.63, 3.8) is 0 Å². The van der Waals surface area contributed by atoms with Gasteiger partial charge in [-0.25, -0.2) is 0 Å². The first-order valence-electron chi connectivity index (χ1n) is 5.14. The molecule has 1 N–H and O–H groups in total. The predicted molar refractivity (Wildman–Crippen MR) is 57.0 cm³/mol. The molecule has 0 aliphatic carbocycles. The van der Waals surface area contributed by atoms with Gasteiger partial charge >= 0.3 is 0 Å². The van der Waals surface area contributed by atoms with Gasteiger partial charge in [0.2, 0.25) is 0 Å². The fourth-order valence-corrected chi connectivity index (χ4v) is 1.85. The van der Waals surface area contributed by atoms with Gasteiger partial charge < -0.3 is 5.32 Å². The maximum atomic E-state index is 3.46. The average Bonchev–Trinajstić information content (AvgIpc) is 2.07. The van der Waals surface area contributed by atoms with Crippen molar-refractivity contribution < 1.29 is 0 Å². The van der Waals surface area contributed by atoms with E-state index in [-0.39, 0.29) is 12.4 Å². The first-order valence-corrected chi connectivity index (χ1v) is 5.14. The van der Waals surface area contributed by atoms with Crippen molar-refractivity contribution in [2.45, 2.75) is 45.4 Å². The smallest absolute Gasteiger partial charge is 0.00205 e. The molecule has 74 valence electrons. The van der Waals surface area contributed by atoms with Gasteiger partial charge in [0.15, 0.2) is 0 Å². The van der Waals surface area contributed by atoms with Crippen LogP contribution in [0.25, 0.3) is 0 Å². The zero-order valence-electron chi connectivity index (χ0n) is 8.14. The highest BCUT2D eigenvalue weighted by atomic mass is 35.5. The number of nitrogens with one attached hydrogen (secondary N) is 1. The van der Waals surface area contributed by atoms with Crippen LogP contribution >= 0.6 is 12.4 Å². The van der Waals surface area contributed by atoms with Crippen molar-refractivity contribution in [2.75, 3.05) is 13.1 Å². The van der Waals surface area contributed by atoms with Crippen molar-refractivity contribution in [1.29, 1.82) is 0 Å². The second-order valence-corrected chi connectivity index (χ2v) is 3.71. The molecule has 1 saturated heterocycles. The summed E-state index contributed by atoms with van der Waals surface area (Å²) in [5.74, 6) is 0.996. The molecule has 0 saturated carbocycles. The van der Waals surface area contributed by atoms with Gasteiger partial charge in [0.25, 0.3) is 0 Å². The van der Waals surface area contributed by atoms with E-state index < -0.39 is 0 Å². The minimum absolute atomic E-state index is 0. The third kappa shape index (κ3) is 5.00. The molecule has 1 heterocycles. The Kier molecular flexibility index (Phi) is 8.04. The van der Waals surface area contributed by atoms with Crippen LogP contribution in [0, 0.1) is 5.92 Å². The predicted octanol–water partition coefficient (Wildman–Crippen LogP) is 2.99. The summed E-state index contributed by atoms with van der Waals surface area (Å²) in [4.78, 5) is 0. The number of hydrogen-bond donors (Lipinski definition) is 1. The highest BCUT2D eigenvalue weighted by Gasteiger charge is 2.11. The quantitative estimate of drug-likeness (QED) is 0.674. The van der Waals surface area contributed by atoms with E-state index in [2.05, 4.69) is 12.2 Å². The summed E-state index contributed by atoms with van der Waals surface area (Å²) in [6, 6.07) is 0. The molecule has 1 aliphatic heterocycles. The van der Waals surface area contributed by atoms with E-state index in [4.69, 9.17) is 0 Å². The van der Waals surface area contributed by atoms with Crippen LogP contribution in [-0.4, -0.2) is 13.1 Å². The maximum Gasteiger partial charge on any atom is -0.00205 e. The van der Waals surface area contributed by atoms with Crippen molar-refractivity contribution in [2.24, 2.45) is 5.92 Å². The topological polar surface area (TPSA) is 12.0 Å². The molecule has 0 aromatic rings. The third-order valence-electron chi connectivity index (χ3n) is 2.61. The van der Waals surface area contributed by atoms with Gasteiger partial charge in [-0.2, -0.15) is 0 Å². The molecule has 0 spiro atoms. The minimum atomic E-state index is 0. The summed E-state index contributed by atoms with van der Waals surface area (Å²) in [5.41, 5.74) is 0. The number of hydrogen-bond acceptors (Lipinski definition) is 1. The first-order chi connectivity index (χ1) is 5.43. The van der Waals surface area contributed by atoms with Crippen LogP contribution in [0.5, 0.6) is 0 Å². The SMILES string of the molecule is CCCCCC1CCCNC1.Cl. The first kappa shape index (κ1) is 12.2. The standard InChI is InChI=1S/C10H21N.ClH/c1-2-3-4-6-10-7-5-8-11-9-10;/h10-11H,2-9H2,1H3;1H. The molecule has 1 atom stereocenters. The van der Waals surface area contributed by atoms with Gasteiger partial charge in [-0.1, -0.05) is 26.2 Å². The van der Waals surface area contributed by atoms with Gasteiger partial charge in [-0.3, -0.25) is 0 Å². The third-order valence-corrected chi connectivity index (χ3v) is 2.61. The van der Waals surface area contributed by atoms with E-state index >= 15 is 0 Å². The van der Waals surface area contributed by atoms with E-state index in [1.165, 1.54) is 51.6 Å². The van der Waals surface area contributed by atoms with Gasteiger partial charge in [-0.15, -0.1) is 12.4 Å². The van der Waals surface area contributed by atoms with Crippen LogP contribution in [0.3, 0.4) is 0 Å². The Morgan fingerprint density at radius 2 is 2.17 bits per heavy atom. The zero-order valence-corrected chi connectivity index (χ0v) is 8.96. The lowest BCUT2D eigenvalue weighted by atomic mass is 9.94. The molecule has 1 nitrogen and oxygen atoms in total. The second kappa shape index (κ2) is 7.88. The molecule has 0 bridgehead atoms. The lowest BCUT2D eigenvalue weighted by molar-refractivity contribution is 0.347. The van der Waals surface area contributed by atoms with E-state index in [9.17, 15) is 0 Å². The summed E-state index contributed by atoms with van der Waals surface area (Å²) in [6.45, 7) is 4.81. The van der Waals surface area contributed by atoms with Crippen molar-refractivity contribution in [3.8, 4) is 0 Å². The van der Waals surface area contributed by atoms with Crippen molar-refractivity contribution in [1.82, 2.24) is 5.32 Å². The van der Waals surface area contributed by atoms with Gasteiger partial charge in [0.1, 0.15) is 0 Å². The Labute approximate surface area is 82.7 Å². The largest absolute Gasteiger partial charge is 0.316 e. The summed E-state index contributed by atoms with van der Waals surface area (Å²) < 4.78 is 0. The molecule has 12 heavy (non-hydrogen) atoms. The monoisotopic (exact) mass is 191 g/mol. The summed E-state index contributed by atoms with van der Waals surface area (Å²) in [5, 5.41) is 3.46. The molecule has 0 radical (unpaired) electrons. The van der Waals surface area contributed by atoms with Crippen LogP contribution in [0.1, 0.15) is 45.4 Å². The minimum Gasteiger partial charge on any atom is -0.316 e. The molecule has 0 aromatic carbocycles. The molecule has 1 rings (SSSR count). The normalized spacial score (nSPS) is 23.2. The lowest BCUT2D eigenvalue weighted by Gasteiger charge is -2.22. The Morgan fingerprint density at radius 1 is 1.33 bits per heavy atom. The molecule has 1 fully saturated rings. The van der Waals surface area contributed by atoms with Crippen LogP contribution in [0.15, 0.2) is 0 Å². The fourth-order valence-electron chi connectivity index (χ4n) is 1.85.